The van der Waals surface area contributed by atoms with Gasteiger partial charge in [0.1, 0.15) is 11.5 Å². The first-order valence-electron chi connectivity index (χ1n) is 11.5. The largest absolute Gasteiger partial charge is 0.755 e. The van der Waals surface area contributed by atoms with Gasteiger partial charge in [0.05, 0.1) is 11.8 Å². The van der Waals surface area contributed by atoms with E-state index in [9.17, 15) is 18.7 Å². The van der Waals surface area contributed by atoms with E-state index in [0.29, 0.717) is 11.3 Å². The van der Waals surface area contributed by atoms with Gasteiger partial charge < -0.3 is 28.4 Å². The van der Waals surface area contributed by atoms with Gasteiger partial charge in [-0.15, -0.1) is 0 Å². The predicted molar refractivity (Wildman–Crippen MR) is 144 cm³/mol. The van der Waals surface area contributed by atoms with Crippen LogP contribution in [-0.4, -0.2) is 48.3 Å². The number of hydrogen-bond donors (Lipinski definition) is 2. The first kappa shape index (κ1) is 29.3. The maximum Gasteiger partial charge on any atom is 0.258 e. The maximum absolute atomic E-state index is 12.6. The average molecular weight is 587 g/mol. The molecule has 0 saturated carbocycles. The molecule has 0 saturated heterocycles. The third-order valence-electron chi connectivity index (χ3n) is 6.24. The van der Waals surface area contributed by atoms with Crippen molar-refractivity contribution in [2.75, 3.05) is 24.5 Å². The molecule has 0 aliphatic rings. The Labute approximate surface area is 219 Å². The number of aryl methyl sites for hydroxylation is 1. The van der Waals surface area contributed by atoms with Gasteiger partial charge in [0.2, 0.25) is 0 Å². The molecule has 35 heavy (non-hydrogen) atoms. The number of nitrogens with one attached hydrogen (secondary N) is 1. The summed E-state index contributed by atoms with van der Waals surface area (Å²) in [5, 5.41) is 13.1. The topological polar surface area (TPSA) is 111 Å². The van der Waals surface area contributed by atoms with Crippen LogP contribution in [0.3, 0.4) is 0 Å². The van der Waals surface area contributed by atoms with E-state index in [1.807, 2.05) is 19.1 Å². The van der Waals surface area contributed by atoms with E-state index >= 15 is 0 Å². The molecule has 2 atom stereocenters. The minimum absolute atomic E-state index is 0.140. The van der Waals surface area contributed by atoms with Crippen molar-refractivity contribution in [1.29, 1.82) is 0 Å². The lowest BCUT2D eigenvalue weighted by Gasteiger charge is -2.34. The molecule has 2 aromatic rings. The monoisotopic (exact) mass is 585 g/mol. The van der Waals surface area contributed by atoms with Crippen molar-refractivity contribution in [2.45, 2.75) is 51.9 Å². The molecule has 0 aliphatic heterocycles. The zero-order valence-corrected chi connectivity index (χ0v) is 24.2. The second-order valence-corrected chi connectivity index (χ2v) is 14.9. The smallest absolute Gasteiger partial charge is 0.258 e. The van der Waals surface area contributed by atoms with E-state index in [0.717, 1.165) is 32.5 Å². The molecule has 8 nitrogen and oxygen atoms in total. The Morgan fingerprint density at radius 1 is 1.20 bits per heavy atom. The molecule has 1 amide bonds. The number of amides is 1. The molecule has 0 aliphatic carbocycles. The summed E-state index contributed by atoms with van der Waals surface area (Å²) in [6, 6.07) is 12.9. The predicted octanol–water partition coefficient (Wildman–Crippen LogP) is 4.95. The zero-order valence-electron chi connectivity index (χ0n) is 20.8. The molecular weight excluding hydrogens is 552 g/mol. The zero-order chi connectivity index (χ0) is 26.2. The maximum atomic E-state index is 12.6. The summed E-state index contributed by atoms with van der Waals surface area (Å²) < 4.78 is 37.1. The van der Waals surface area contributed by atoms with Gasteiger partial charge in [-0.3, -0.25) is 9.00 Å². The summed E-state index contributed by atoms with van der Waals surface area (Å²) in [5.74, 6) is 0.138. The van der Waals surface area contributed by atoms with Crippen molar-refractivity contribution in [2.24, 2.45) is 0 Å². The summed E-state index contributed by atoms with van der Waals surface area (Å²) in [6.07, 6.45) is -0.506. The first-order chi connectivity index (χ1) is 16.6. The molecule has 0 radical (unpaired) electrons. The van der Waals surface area contributed by atoms with E-state index in [4.69, 9.17) is 9.16 Å². The fourth-order valence-corrected chi connectivity index (χ4v) is 7.09. The van der Waals surface area contributed by atoms with Crippen molar-refractivity contribution in [3.8, 4) is 11.5 Å². The van der Waals surface area contributed by atoms with E-state index < -0.39 is 25.7 Å². The molecule has 11 heteroatoms. The number of carbonyl (C=O) groups excluding carboxylic acids is 1. The molecular formula is C24H34BrN2O6SSi-. The van der Waals surface area contributed by atoms with Crippen LogP contribution in [0, 0.1) is 6.92 Å². The van der Waals surface area contributed by atoms with E-state index in [1.165, 1.54) is 13.1 Å². The standard InChI is InChI=1S/C24H35BrN2O6SSi/c1-6-35(7-2,8-3)33-23(18-9-12-22(28)21(14-18)27(5)34(30)31)15-26-24(29)16-32-19-10-11-20(25)17(4)13-19/h9-14,23,28H,6-8,15-16H2,1-5H3,(H,26,29)(H,30,31)/p-1. The van der Waals surface area contributed by atoms with E-state index in [1.54, 1.807) is 18.2 Å². The number of benzene rings is 2. The van der Waals surface area contributed by atoms with Crippen LogP contribution in [0.1, 0.15) is 38.0 Å². The molecule has 2 N–H and O–H groups in total. The molecule has 0 heterocycles. The van der Waals surface area contributed by atoms with Gasteiger partial charge in [0, 0.05) is 29.3 Å². The molecule has 2 rings (SSSR count). The Morgan fingerprint density at radius 3 is 2.43 bits per heavy atom. The molecule has 194 valence electrons. The second-order valence-electron chi connectivity index (χ2n) is 8.32. The van der Waals surface area contributed by atoms with Crippen LogP contribution in [-0.2, 0) is 20.5 Å². The number of rotatable bonds is 13. The van der Waals surface area contributed by atoms with Crippen molar-refractivity contribution >= 4 is 47.1 Å². The van der Waals surface area contributed by atoms with Crippen LogP contribution in [0.2, 0.25) is 18.1 Å². The highest BCUT2D eigenvalue weighted by atomic mass is 79.9. The summed E-state index contributed by atoms with van der Waals surface area (Å²) in [4.78, 5) is 12.6. The van der Waals surface area contributed by atoms with Crippen LogP contribution < -0.4 is 14.4 Å². The molecule has 0 fully saturated rings. The summed E-state index contributed by atoms with van der Waals surface area (Å²) in [7, 11) is -0.732. The Bertz CT molecular complexity index is 1030. The fraction of sp³-hybridized carbons (Fsp3) is 0.458. The number of hydrogen-bond acceptors (Lipinski definition) is 6. The molecule has 0 spiro atoms. The SMILES string of the molecule is CC[Si](CC)(CC)OC(CNC(=O)COc1ccc(Br)c(C)c1)c1ccc(O)c(N(C)S(=O)[O-])c1. The lowest BCUT2D eigenvalue weighted by atomic mass is 10.1. The number of carbonyl (C=O) groups is 1. The van der Waals surface area contributed by atoms with Gasteiger partial charge in [0.15, 0.2) is 14.9 Å². The fourth-order valence-electron chi connectivity index (χ4n) is 3.72. The van der Waals surface area contributed by atoms with Gasteiger partial charge in [-0.2, -0.15) is 0 Å². The number of phenolic OH excluding ortho intramolecular Hbond substituents is 1. The third-order valence-corrected chi connectivity index (χ3v) is 12.4. The highest BCUT2D eigenvalue weighted by Gasteiger charge is 2.33. The third kappa shape index (κ3) is 8.04. The summed E-state index contributed by atoms with van der Waals surface area (Å²) in [5.41, 5.74) is 1.82. The van der Waals surface area contributed by atoms with E-state index in [2.05, 4.69) is 42.0 Å². The van der Waals surface area contributed by atoms with Gasteiger partial charge in [-0.25, -0.2) is 0 Å². The Balaban J connectivity index is 2.21. The minimum atomic E-state index is -2.55. The van der Waals surface area contributed by atoms with Crippen LogP contribution in [0.4, 0.5) is 5.69 Å². The van der Waals surface area contributed by atoms with Crippen molar-refractivity contribution in [3.63, 3.8) is 0 Å². The quantitative estimate of drug-likeness (QED) is 0.254. The lowest BCUT2D eigenvalue weighted by Crippen LogP contribution is -2.41. The number of anilines is 1. The lowest BCUT2D eigenvalue weighted by molar-refractivity contribution is -0.123. The van der Waals surface area contributed by atoms with Gasteiger partial charge in [0.25, 0.3) is 5.91 Å². The van der Waals surface area contributed by atoms with E-state index in [-0.39, 0.29) is 30.5 Å². The first-order valence-corrected chi connectivity index (χ1v) is 15.9. The Hall–Kier alpha value is -1.92. The molecule has 0 aromatic heterocycles. The van der Waals surface area contributed by atoms with Crippen molar-refractivity contribution in [3.05, 3.63) is 52.0 Å². The number of phenols is 1. The normalized spacial score (nSPS) is 13.2. The Morgan fingerprint density at radius 2 is 1.86 bits per heavy atom. The molecule has 0 bridgehead atoms. The Kier molecular flexibility index (Phi) is 11.2. The minimum Gasteiger partial charge on any atom is -0.755 e. The van der Waals surface area contributed by atoms with Gasteiger partial charge >= 0.3 is 0 Å². The highest BCUT2D eigenvalue weighted by molar-refractivity contribution is 9.10. The summed E-state index contributed by atoms with van der Waals surface area (Å²) in [6.45, 7) is 8.31. The number of aromatic hydroxyl groups is 1. The van der Waals surface area contributed by atoms with Crippen molar-refractivity contribution < 1.29 is 27.8 Å². The van der Waals surface area contributed by atoms with Crippen LogP contribution in [0.15, 0.2) is 40.9 Å². The van der Waals surface area contributed by atoms with Crippen LogP contribution in [0.25, 0.3) is 0 Å². The number of ether oxygens (including phenoxy) is 1. The van der Waals surface area contributed by atoms with Crippen LogP contribution >= 0.6 is 15.9 Å². The van der Waals surface area contributed by atoms with Gasteiger partial charge in [-0.05, 0) is 66.5 Å². The summed E-state index contributed by atoms with van der Waals surface area (Å²) >= 11 is 0.891. The average Bonchev–Trinajstić information content (AvgIpc) is 2.85. The van der Waals surface area contributed by atoms with Crippen molar-refractivity contribution in [1.82, 2.24) is 5.32 Å². The second kappa shape index (κ2) is 13.4. The van der Waals surface area contributed by atoms with Gasteiger partial charge in [-0.1, -0.05) is 42.8 Å². The highest BCUT2D eigenvalue weighted by Crippen LogP contribution is 2.34. The molecule has 2 unspecified atom stereocenters. The molecule has 2 aromatic carbocycles. The number of nitrogens with zero attached hydrogens (tertiary/aromatic N) is 1. The van der Waals surface area contributed by atoms with Crippen LogP contribution in [0.5, 0.6) is 11.5 Å². The number of halogens is 1.